The van der Waals surface area contributed by atoms with E-state index in [1.807, 2.05) is 6.08 Å². The van der Waals surface area contributed by atoms with Gasteiger partial charge in [0.15, 0.2) is 0 Å². The Hall–Kier alpha value is -1.92. The van der Waals surface area contributed by atoms with Crippen LogP contribution in [0.4, 0.5) is 0 Å². The lowest BCUT2D eigenvalue weighted by Crippen LogP contribution is -2.45. The van der Waals surface area contributed by atoms with Gasteiger partial charge in [-0.25, -0.2) is 0 Å². The summed E-state index contributed by atoms with van der Waals surface area (Å²) < 4.78 is 5.45. The fourth-order valence-electron chi connectivity index (χ4n) is 7.80. The molecule has 2 atom stereocenters. The zero-order chi connectivity index (χ0) is 43.7. The van der Waals surface area contributed by atoms with Crippen LogP contribution in [-0.2, 0) is 14.3 Å². The van der Waals surface area contributed by atoms with E-state index < -0.39 is 12.1 Å². The quantitative estimate of drug-likeness (QED) is 0.0322. The van der Waals surface area contributed by atoms with E-state index in [-0.39, 0.29) is 18.5 Å². The molecule has 352 valence electrons. The number of unbranched alkanes of at least 4 members (excludes halogenated alkanes) is 33. The summed E-state index contributed by atoms with van der Waals surface area (Å²) in [6, 6.07) is -0.639. The minimum atomic E-state index is -0.854. The van der Waals surface area contributed by atoms with Gasteiger partial charge in [-0.1, -0.05) is 211 Å². The summed E-state index contributed by atoms with van der Waals surface area (Å²) in [7, 11) is 0. The maximum Gasteiger partial charge on any atom is 0.305 e. The molecular formula is C54H101NO5. The predicted molar refractivity (Wildman–Crippen MR) is 259 cm³/mol. The van der Waals surface area contributed by atoms with Crippen molar-refractivity contribution < 1.29 is 24.5 Å². The summed E-state index contributed by atoms with van der Waals surface area (Å²) in [5.74, 6) is -0.104. The topological polar surface area (TPSA) is 95.9 Å². The summed E-state index contributed by atoms with van der Waals surface area (Å²) in [6.45, 7) is 4.85. The van der Waals surface area contributed by atoms with Gasteiger partial charge >= 0.3 is 5.97 Å². The number of carbonyl (C=O) groups is 2. The van der Waals surface area contributed by atoms with Gasteiger partial charge in [-0.2, -0.15) is 0 Å². The van der Waals surface area contributed by atoms with Gasteiger partial charge in [0.25, 0.3) is 0 Å². The molecule has 0 aliphatic carbocycles. The number of esters is 1. The summed E-state index contributed by atoms with van der Waals surface area (Å²) in [5.41, 5.74) is 0. The van der Waals surface area contributed by atoms with E-state index in [2.05, 4.69) is 43.5 Å². The third-order valence-electron chi connectivity index (χ3n) is 11.9. The highest BCUT2D eigenvalue weighted by Crippen LogP contribution is 2.15. The van der Waals surface area contributed by atoms with E-state index in [1.54, 1.807) is 6.08 Å². The minimum Gasteiger partial charge on any atom is -0.466 e. The van der Waals surface area contributed by atoms with Crippen LogP contribution in [0.2, 0.25) is 0 Å². The smallest absolute Gasteiger partial charge is 0.305 e. The van der Waals surface area contributed by atoms with Gasteiger partial charge in [0.1, 0.15) is 0 Å². The lowest BCUT2D eigenvalue weighted by molar-refractivity contribution is -0.143. The van der Waals surface area contributed by atoms with Crippen LogP contribution in [0.5, 0.6) is 0 Å². The highest BCUT2D eigenvalue weighted by Gasteiger charge is 2.18. The van der Waals surface area contributed by atoms with Crippen molar-refractivity contribution in [3.8, 4) is 0 Å². The highest BCUT2D eigenvalue weighted by atomic mass is 16.5. The monoisotopic (exact) mass is 844 g/mol. The summed E-state index contributed by atoms with van der Waals surface area (Å²) in [6.07, 6.45) is 60.0. The molecule has 2 unspecified atom stereocenters. The van der Waals surface area contributed by atoms with Gasteiger partial charge in [-0.3, -0.25) is 9.59 Å². The maximum atomic E-state index is 12.4. The molecule has 0 bridgehead atoms. The Morgan fingerprint density at radius 2 is 0.783 bits per heavy atom. The zero-order valence-electron chi connectivity index (χ0n) is 39.9. The third kappa shape index (κ3) is 45.6. The first-order chi connectivity index (χ1) is 29.5. The number of rotatable bonds is 48. The summed E-state index contributed by atoms with van der Waals surface area (Å²) in [4.78, 5) is 24.4. The molecule has 3 N–H and O–H groups in total. The number of carbonyl (C=O) groups excluding carboxylic acids is 2. The summed E-state index contributed by atoms with van der Waals surface area (Å²) in [5, 5.41) is 23.0. The maximum absolute atomic E-state index is 12.4. The van der Waals surface area contributed by atoms with E-state index in [4.69, 9.17) is 4.74 Å². The molecule has 0 aromatic carbocycles. The Morgan fingerprint density at radius 3 is 1.18 bits per heavy atom. The predicted octanol–water partition coefficient (Wildman–Crippen LogP) is 15.7. The van der Waals surface area contributed by atoms with E-state index >= 15 is 0 Å². The van der Waals surface area contributed by atoms with Crippen molar-refractivity contribution in [3.05, 3.63) is 36.5 Å². The molecule has 0 heterocycles. The molecule has 0 aliphatic heterocycles. The van der Waals surface area contributed by atoms with Crippen LogP contribution in [0.1, 0.15) is 271 Å². The number of amides is 1. The SMILES string of the molecule is CCCCCCC/C=C\CCCCCCCC(=O)OCCCCCC/C=C\CCCCCCCCCC(=O)NC(CO)C(O)/C=C/CCCCCCCCCCCCCC. The first-order valence-corrected chi connectivity index (χ1v) is 26.3. The molecule has 0 radical (unpaired) electrons. The van der Waals surface area contributed by atoms with Crippen LogP contribution < -0.4 is 5.32 Å². The number of hydrogen-bond donors (Lipinski definition) is 3. The molecule has 0 saturated heterocycles. The van der Waals surface area contributed by atoms with Gasteiger partial charge in [-0.15, -0.1) is 0 Å². The Kier molecular flexibility index (Phi) is 48.1. The molecule has 60 heavy (non-hydrogen) atoms. The summed E-state index contributed by atoms with van der Waals surface area (Å²) >= 11 is 0. The third-order valence-corrected chi connectivity index (χ3v) is 11.9. The lowest BCUT2D eigenvalue weighted by atomic mass is 10.0. The van der Waals surface area contributed by atoms with E-state index in [9.17, 15) is 19.8 Å². The molecule has 0 aliphatic rings. The molecule has 0 spiro atoms. The van der Waals surface area contributed by atoms with Crippen LogP contribution in [0.15, 0.2) is 36.5 Å². The number of aliphatic hydroxyl groups is 2. The fraction of sp³-hybridized carbons (Fsp3) is 0.852. The molecule has 0 fully saturated rings. The highest BCUT2D eigenvalue weighted by molar-refractivity contribution is 5.76. The fourth-order valence-corrected chi connectivity index (χ4v) is 7.80. The van der Waals surface area contributed by atoms with Gasteiger partial charge in [0.2, 0.25) is 5.91 Å². The van der Waals surface area contributed by atoms with Crippen LogP contribution in [-0.4, -0.2) is 47.4 Å². The van der Waals surface area contributed by atoms with E-state index in [1.165, 1.54) is 173 Å². The van der Waals surface area contributed by atoms with Crippen molar-refractivity contribution in [3.63, 3.8) is 0 Å². The average Bonchev–Trinajstić information content (AvgIpc) is 3.25. The van der Waals surface area contributed by atoms with E-state index in [0.717, 1.165) is 70.6 Å². The van der Waals surface area contributed by atoms with Crippen LogP contribution in [0.25, 0.3) is 0 Å². The second kappa shape index (κ2) is 49.7. The molecule has 0 rings (SSSR count). The number of hydrogen-bond acceptors (Lipinski definition) is 5. The molecular weight excluding hydrogens is 743 g/mol. The molecule has 6 nitrogen and oxygen atoms in total. The van der Waals surface area contributed by atoms with Crippen molar-refractivity contribution in [2.24, 2.45) is 0 Å². The number of aliphatic hydroxyl groups excluding tert-OH is 2. The van der Waals surface area contributed by atoms with Gasteiger partial charge in [0.05, 0.1) is 25.4 Å². The van der Waals surface area contributed by atoms with Crippen molar-refractivity contribution >= 4 is 11.9 Å². The Morgan fingerprint density at radius 1 is 0.450 bits per heavy atom. The standard InChI is InChI=1S/C54H101NO5/c1-3-5-7-9-11-13-15-17-22-26-30-34-38-42-46-52(57)51(50-56)55-53(58)47-43-39-35-31-27-23-20-19-21-25-29-33-37-41-45-49-60-54(59)48-44-40-36-32-28-24-18-16-14-12-10-8-6-4-2/h16,18,21,25,42,46,51-52,56-57H,3-15,17,19-20,22-24,26-41,43-45,47-50H2,1-2H3,(H,55,58)/b18-16-,25-21-,46-42+. The second-order valence-electron chi connectivity index (χ2n) is 17.8. The molecule has 6 heteroatoms. The molecule has 0 aromatic heterocycles. The van der Waals surface area contributed by atoms with Crippen molar-refractivity contribution in [2.45, 2.75) is 283 Å². The molecule has 0 aromatic rings. The minimum absolute atomic E-state index is 0.0204. The first-order valence-electron chi connectivity index (χ1n) is 26.3. The Labute approximate surface area is 373 Å². The largest absolute Gasteiger partial charge is 0.466 e. The van der Waals surface area contributed by atoms with Crippen molar-refractivity contribution in [2.75, 3.05) is 13.2 Å². The normalized spacial score (nSPS) is 12.9. The Bertz CT molecular complexity index is 977. The second-order valence-corrected chi connectivity index (χ2v) is 17.8. The van der Waals surface area contributed by atoms with Crippen LogP contribution >= 0.6 is 0 Å². The first kappa shape index (κ1) is 58.1. The van der Waals surface area contributed by atoms with Crippen LogP contribution in [0, 0.1) is 0 Å². The average molecular weight is 844 g/mol. The van der Waals surface area contributed by atoms with Gasteiger partial charge in [-0.05, 0) is 83.5 Å². The number of allylic oxidation sites excluding steroid dienone is 5. The zero-order valence-corrected chi connectivity index (χ0v) is 39.9. The van der Waals surface area contributed by atoms with Crippen molar-refractivity contribution in [1.29, 1.82) is 0 Å². The Balaban J connectivity index is 3.52. The van der Waals surface area contributed by atoms with Gasteiger partial charge < -0.3 is 20.3 Å². The van der Waals surface area contributed by atoms with Crippen LogP contribution in [0.3, 0.4) is 0 Å². The van der Waals surface area contributed by atoms with Crippen molar-refractivity contribution in [1.82, 2.24) is 5.32 Å². The molecule has 1 amide bonds. The number of nitrogens with one attached hydrogen (secondary N) is 1. The van der Waals surface area contributed by atoms with E-state index in [0.29, 0.717) is 19.4 Å². The number of ether oxygens (including phenoxy) is 1. The molecule has 0 saturated carbocycles. The lowest BCUT2D eigenvalue weighted by Gasteiger charge is -2.20. The van der Waals surface area contributed by atoms with Gasteiger partial charge in [0, 0.05) is 12.8 Å².